The Morgan fingerprint density at radius 1 is 1.21 bits per heavy atom. The van der Waals surface area contributed by atoms with Gasteiger partial charge < -0.3 is 10.2 Å². The molecule has 1 fully saturated rings. The van der Waals surface area contributed by atoms with Gasteiger partial charge in [-0.25, -0.2) is 18.2 Å². The normalized spacial score (nSPS) is 15.5. The molecule has 3 aromatic rings. The molecule has 0 saturated carbocycles. The van der Waals surface area contributed by atoms with Gasteiger partial charge in [0.05, 0.1) is 16.1 Å². The highest BCUT2D eigenvalue weighted by Crippen LogP contribution is 2.35. The first-order chi connectivity index (χ1) is 16.2. The van der Waals surface area contributed by atoms with E-state index in [0.717, 1.165) is 23.5 Å². The second kappa shape index (κ2) is 9.66. The van der Waals surface area contributed by atoms with E-state index in [2.05, 4.69) is 21.5 Å². The number of thiazole rings is 1. The minimum absolute atomic E-state index is 0.0404. The summed E-state index contributed by atoms with van der Waals surface area (Å²) >= 11 is 6.80. The van der Waals surface area contributed by atoms with Crippen LogP contribution in [-0.4, -0.2) is 37.1 Å². The fourth-order valence-electron chi connectivity index (χ4n) is 3.71. The lowest BCUT2D eigenvalue weighted by molar-refractivity contribution is 0.101. The van der Waals surface area contributed by atoms with E-state index in [1.165, 1.54) is 12.1 Å². The average Bonchev–Trinajstić information content (AvgIpc) is 3.29. The van der Waals surface area contributed by atoms with Crippen LogP contribution < -0.4 is 15.5 Å². The van der Waals surface area contributed by atoms with Gasteiger partial charge in [0, 0.05) is 37.2 Å². The molecule has 0 spiro atoms. The second-order valence-corrected chi connectivity index (χ2v) is 9.18. The molecule has 10 heteroatoms. The molecular formula is C24H20ClF3N4OS. The van der Waals surface area contributed by atoms with Crippen molar-refractivity contribution in [2.45, 2.75) is 12.3 Å². The first kappa shape index (κ1) is 24.1. The number of hydrogen-bond acceptors (Lipinski definition) is 5. The summed E-state index contributed by atoms with van der Waals surface area (Å²) < 4.78 is 43.5. The van der Waals surface area contributed by atoms with Gasteiger partial charge in [0.2, 0.25) is 0 Å². The van der Waals surface area contributed by atoms with Crippen LogP contribution in [0, 0.1) is 29.8 Å². The molecule has 0 bridgehead atoms. The Morgan fingerprint density at radius 2 is 1.88 bits per heavy atom. The van der Waals surface area contributed by atoms with Gasteiger partial charge in [0.15, 0.2) is 5.13 Å². The highest BCUT2D eigenvalue weighted by molar-refractivity contribution is 7.14. The molecule has 0 unspecified atom stereocenters. The molecular weight excluding hydrogens is 485 g/mol. The fourth-order valence-corrected chi connectivity index (χ4v) is 4.65. The lowest BCUT2D eigenvalue weighted by Gasteiger charge is -2.29. The van der Waals surface area contributed by atoms with Crippen molar-refractivity contribution in [2.24, 2.45) is 0 Å². The largest absolute Gasteiger partial charge is 0.369 e. The zero-order chi connectivity index (χ0) is 24.5. The van der Waals surface area contributed by atoms with E-state index in [-0.39, 0.29) is 10.2 Å². The number of nitrogens with zero attached hydrogens (tertiary/aromatic N) is 2. The number of aromatic nitrogens is 1. The molecule has 34 heavy (non-hydrogen) atoms. The monoisotopic (exact) mass is 504 g/mol. The van der Waals surface area contributed by atoms with Crippen LogP contribution in [0.2, 0.25) is 5.02 Å². The molecule has 2 heterocycles. The number of rotatable bonds is 5. The zero-order valence-corrected chi connectivity index (χ0v) is 19.7. The van der Waals surface area contributed by atoms with Crippen molar-refractivity contribution in [3.63, 3.8) is 0 Å². The van der Waals surface area contributed by atoms with Gasteiger partial charge in [-0.3, -0.25) is 10.1 Å². The Kier molecular flexibility index (Phi) is 6.84. The van der Waals surface area contributed by atoms with Crippen LogP contribution in [0.1, 0.15) is 28.5 Å². The smallest absolute Gasteiger partial charge is 0.263 e. The molecule has 176 valence electrons. The van der Waals surface area contributed by atoms with Gasteiger partial charge in [0.25, 0.3) is 5.91 Å². The maximum absolute atomic E-state index is 14.7. The lowest BCUT2D eigenvalue weighted by atomic mass is 9.81. The van der Waals surface area contributed by atoms with Crippen LogP contribution in [-0.2, 0) is 5.41 Å². The van der Waals surface area contributed by atoms with E-state index in [9.17, 15) is 18.0 Å². The molecule has 2 N–H and O–H groups in total. The number of terminal acetylenes is 1. The van der Waals surface area contributed by atoms with Gasteiger partial charge in [-0.1, -0.05) is 23.6 Å². The minimum atomic E-state index is -1.12. The molecule has 4 rings (SSSR count). The van der Waals surface area contributed by atoms with Crippen molar-refractivity contribution in [1.82, 2.24) is 10.3 Å². The van der Waals surface area contributed by atoms with Crippen LogP contribution >= 0.6 is 22.9 Å². The van der Waals surface area contributed by atoms with Crippen molar-refractivity contribution < 1.29 is 18.0 Å². The first-order valence-corrected chi connectivity index (χ1v) is 11.6. The summed E-state index contributed by atoms with van der Waals surface area (Å²) in [5.74, 6) is -0.921. The third kappa shape index (κ3) is 4.62. The van der Waals surface area contributed by atoms with Crippen molar-refractivity contribution in [3.8, 4) is 12.3 Å². The summed E-state index contributed by atoms with van der Waals surface area (Å²) in [7, 11) is 0. The Labute approximate surface area is 204 Å². The summed E-state index contributed by atoms with van der Waals surface area (Å²) in [4.78, 5) is 18.8. The second-order valence-electron chi connectivity index (χ2n) is 7.91. The summed E-state index contributed by atoms with van der Waals surface area (Å²) in [5.41, 5.74) is -0.626. The maximum Gasteiger partial charge on any atom is 0.263 e. The van der Waals surface area contributed by atoms with Crippen molar-refractivity contribution in [3.05, 3.63) is 75.0 Å². The van der Waals surface area contributed by atoms with Crippen LogP contribution in [0.3, 0.4) is 0 Å². The third-order valence-electron chi connectivity index (χ3n) is 5.76. The molecule has 5 nitrogen and oxygen atoms in total. The van der Waals surface area contributed by atoms with E-state index >= 15 is 0 Å². The number of halogens is 4. The van der Waals surface area contributed by atoms with E-state index in [0.29, 0.717) is 43.1 Å². The molecule has 1 atom stereocenters. The van der Waals surface area contributed by atoms with Gasteiger partial charge in [-0.2, -0.15) is 0 Å². The highest BCUT2D eigenvalue weighted by atomic mass is 35.5. The van der Waals surface area contributed by atoms with E-state index in [1.54, 1.807) is 18.4 Å². The topological polar surface area (TPSA) is 57.3 Å². The number of carbonyl (C=O) groups is 1. The Bertz CT molecular complexity index is 1260. The Morgan fingerprint density at radius 3 is 2.50 bits per heavy atom. The van der Waals surface area contributed by atoms with Crippen LogP contribution in [0.4, 0.5) is 24.0 Å². The number of hydrogen-bond donors (Lipinski definition) is 2. The van der Waals surface area contributed by atoms with Crippen molar-refractivity contribution in [1.29, 1.82) is 0 Å². The predicted molar refractivity (Wildman–Crippen MR) is 128 cm³/mol. The average molecular weight is 505 g/mol. The molecule has 1 aliphatic heterocycles. The van der Waals surface area contributed by atoms with Gasteiger partial charge in [-0.05, 0) is 36.8 Å². The standard InChI is InChI=1S/C24H20ClF3N4OS/c1-3-24(2,14-4-5-16(25)17(26)10-14)20-13-34-23(30-20)31-22(33)21-18(27)11-15(12-19(21)28)32-8-6-29-7-9-32/h1,4-5,10-13,29H,6-9H2,2H3,(H,30,31,33)/t24-/m0/s1. The summed E-state index contributed by atoms with van der Waals surface area (Å²) in [5, 5.41) is 7.25. The number of anilines is 2. The molecule has 1 aliphatic rings. The maximum atomic E-state index is 14.7. The summed E-state index contributed by atoms with van der Waals surface area (Å²) in [6.45, 7) is 4.30. The third-order valence-corrected chi connectivity index (χ3v) is 6.82. The van der Waals surface area contributed by atoms with Gasteiger partial charge in [-0.15, -0.1) is 17.8 Å². The quantitative estimate of drug-likeness (QED) is 0.489. The number of nitrogens with one attached hydrogen (secondary N) is 2. The van der Waals surface area contributed by atoms with E-state index in [4.69, 9.17) is 18.0 Å². The first-order valence-electron chi connectivity index (χ1n) is 10.4. The van der Waals surface area contributed by atoms with Gasteiger partial charge >= 0.3 is 0 Å². The lowest BCUT2D eigenvalue weighted by Crippen LogP contribution is -2.43. The number of amides is 1. The molecule has 1 saturated heterocycles. The molecule has 0 radical (unpaired) electrons. The van der Waals surface area contributed by atoms with E-state index in [1.807, 2.05) is 4.90 Å². The minimum Gasteiger partial charge on any atom is -0.369 e. The van der Waals surface area contributed by atoms with Crippen LogP contribution in [0.5, 0.6) is 0 Å². The number of benzene rings is 2. The summed E-state index contributed by atoms with van der Waals surface area (Å²) in [6.07, 6.45) is 5.74. The van der Waals surface area contributed by atoms with Gasteiger partial charge in [0.1, 0.15) is 23.0 Å². The van der Waals surface area contributed by atoms with E-state index < -0.39 is 34.3 Å². The molecule has 1 aromatic heterocycles. The summed E-state index contributed by atoms with van der Waals surface area (Å²) in [6, 6.07) is 6.52. The van der Waals surface area contributed by atoms with Crippen molar-refractivity contribution >= 4 is 39.7 Å². The van der Waals surface area contributed by atoms with Crippen molar-refractivity contribution in [2.75, 3.05) is 36.4 Å². The zero-order valence-electron chi connectivity index (χ0n) is 18.1. The number of piperazine rings is 1. The molecule has 1 amide bonds. The Balaban J connectivity index is 1.56. The fraction of sp³-hybridized carbons (Fsp3) is 0.250. The van der Waals surface area contributed by atoms with Crippen LogP contribution in [0.25, 0.3) is 0 Å². The molecule has 2 aromatic carbocycles. The predicted octanol–water partition coefficient (Wildman–Crippen LogP) is 4.81. The highest BCUT2D eigenvalue weighted by Gasteiger charge is 2.31. The van der Waals surface area contributed by atoms with Crippen LogP contribution in [0.15, 0.2) is 35.7 Å². The SMILES string of the molecule is C#C[C@@](C)(c1ccc(Cl)c(F)c1)c1csc(NC(=O)c2c(F)cc(N3CCNCC3)cc2F)n1. The molecule has 0 aliphatic carbocycles. The Hall–Kier alpha value is -3.06. The number of carbonyl (C=O) groups excluding carboxylic acids is 1.